The molecule has 0 unspecified atom stereocenters. The van der Waals surface area contributed by atoms with Crippen LogP contribution in [0.2, 0.25) is 0 Å². The lowest BCUT2D eigenvalue weighted by Crippen LogP contribution is -2.50. The molecule has 0 saturated carbocycles. The van der Waals surface area contributed by atoms with Crippen molar-refractivity contribution in [1.82, 2.24) is 25.5 Å². The molecule has 4 N–H and O–H groups in total. The molecule has 0 aliphatic carbocycles. The van der Waals surface area contributed by atoms with E-state index >= 15 is 0 Å². The lowest BCUT2D eigenvalue weighted by Gasteiger charge is -2.34. The summed E-state index contributed by atoms with van der Waals surface area (Å²) in [6.45, 7) is 8.53. The second-order valence-corrected chi connectivity index (χ2v) is 6.72. The SMILES string of the molecule is CC(C)[C@H](N)C(=O)NCC(=O)NCCN1CCN(c2ncccn2)CC1.Cl.Cl.Cl. The first-order valence-electron chi connectivity index (χ1n) is 9.01. The lowest BCUT2D eigenvalue weighted by molar-refractivity contribution is -0.127. The highest BCUT2D eigenvalue weighted by Gasteiger charge is 2.19. The maximum atomic E-state index is 11.8. The fraction of sp³-hybridized carbons (Fsp3) is 0.647. The van der Waals surface area contributed by atoms with Gasteiger partial charge in [-0.25, -0.2) is 9.97 Å². The molecule has 0 aromatic carbocycles. The Morgan fingerprint density at radius 2 is 1.66 bits per heavy atom. The molecule has 168 valence electrons. The monoisotopic (exact) mass is 471 g/mol. The Hall–Kier alpha value is -1.39. The Balaban J connectivity index is 0. The molecular formula is C17H32Cl3N7O2. The van der Waals surface area contributed by atoms with Crippen LogP contribution in [0.5, 0.6) is 0 Å². The van der Waals surface area contributed by atoms with Gasteiger partial charge in [-0.1, -0.05) is 13.8 Å². The number of nitrogens with two attached hydrogens (primary N) is 1. The number of hydrogen-bond acceptors (Lipinski definition) is 7. The average Bonchev–Trinajstić information content (AvgIpc) is 2.66. The standard InChI is InChI=1S/C17H29N7O2.3ClH/c1-13(2)15(18)16(26)22-12-14(25)19-6-7-23-8-10-24(11-9-23)17-20-4-3-5-21-17;;;/h3-5,13,15H,6-12,18H2,1-2H3,(H,19,25)(H,22,26);3*1H/t15-;;;/m0.../s1. The van der Waals surface area contributed by atoms with Crippen molar-refractivity contribution in [2.24, 2.45) is 11.7 Å². The number of nitrogens with zero attached hydrogens (tertiary/aromatic N) is 4. The second kappa shape index (κ2) is 15.4. The van der Waals surface area contributed by atoms with E-state index in [0.29, 0.717) is 6.54 Å². The topological polar surface area (TPSA) is 116 Å². The minimum Gasteiger partial charge on any atom is -0.353 e. The van der Waals surface area contributed by atoms with Gasteiger partial charge in [-0.05, 0) is 12.0 Å². The van der Waals surface area contributed by atoms with E-state index in [4.69, 9.17) is 5.73 Å². The number of anilines is 1. The first-order valence-corrected chi connectivity index (χ1v) is 9.01. The third-order valence-corrected chi connectivity index (χ3v) is 4.40. The molecule has 2 amide bonds. The van der Waals surface area contributed by atoms with Gasteiger partial charge in [0, 0.05) is 51.7 Å². The summed E-state index contributed by atoms with van der Waals surface area (Å²) in [5, 5.41) is 5.39. The first kappa shape index (κ1) is 29.8. The van der Waals surface area contributed by atoms with E-state index in [1.807, 2.05) is 13.8 Å². The average molecular weight is 473 g/mol. The molecule has 0 bridgehead atoms. The Bertz CT molecular complexity index is 588. The van der Waals surface area contributed by atoms with Gasteiger partial charge < -0.3 is 21.3 Å². The molecule has 2 rings (SSSR count). The Kier molecular flexibility index (Phi) is 15.9. The van der Waals surface area contributed by atoms with Crippen LogP contribution in [0, 0.1) is 5.92 Å². The number of aromatic nitrogens is 2. The van der Waals surface area contributed by atoms with Crippen LogP contribution in [0.15, 0.2) is 18.5 Å². The molecule has 29 heavy (non-hydrogen) atoms. The molecule has 0 radical (unpaired) electrons. The van der Waals surface area contributed by atoms with Crippen molar-refractivity contribution in [2.45, 2.75) is 19.9 Å². The van der Waals surface area contributed by atoms with Crippen LogP contribution in [-0.2, 0) is 9.59 Å². The number of carbonyl (C=O) groups excluding carboxylic acids is 2. The van der Waals surface area contributed by atoms with Crippen LogP contribution in [0.4, 0.5) is 5.95 Å². The summed E-state index contributed by atoms with van der Waals surface area (Å²) >= 11 is 0. The van der Waals surface area contributed by atoms with E-state index in [0.717, 1.165) is 38.7 Å². The quantitative estimate of drug-likeness (QED) is 0.490. The van der Waals surface area contributed by atoms with Crippen molar-refractivity contribution < 1.29 is 9.59 Å². The minimum absolute atomic E-state index is 0. The van der Waals surface area contributed by atoms with Gasteiger partial charge in [-0.2, -0.15) is 0 Å². The van der Waals surface area contributed by atoms with Gasteiger partial charge in [-0.15, -0.1) is 37.2 Å². The number of carbonyl (C=O) groups is 2. The van der Waals surface area contributed by atoms with Crippen molar-refractivity contribution in [2.75, 3.05) is 50.7 Å². The van der Waals surface area contributed by atoms with Gasteiger partial charge in [0.1, 0.15) is 0 Å². The number of piperazine rings is 1. The molecule has 1 saturated heterocycles. The molecule has 1 aliphatic heterocycles. The van der Waals surface area contributed by atoms with Gasteiger partial charge in [0.15, 0.2) is 0 Å². The fourth-order valence-electron chi connectivity index (χ4n) is 2.63. The van der Waals surface area contributed by atoms with Crippen LogP contribution in [0.25, 0.3) is 0 Å². The van der Waals surface area contributed by atoms with Crippen molar-refractivity contribution in [3.8, 4) is 0 Å². The Morgan fingerprint density at radius 3 is 2.21 bits per heavy atom. The van der Waals surface area contributed by atoms with Gasteiger partial charge in [0.2, 0.25) is 17.8 Å². The third kappa shape index (κ3) is 10.3. The van der Waals surface area contributed by atoms with E-state index in [1.54, 1.807) is 18.5 Å². The highest BCUT2D eigenvalue weighted by Crippen LogP contribution is 2.08. The van der Waals surface area contributed by atoms with Crippen LogP contribution >= 0.6 is 37.2 Å². The first-order chi connectivity index (χ1) is 12.5. The molecular weight excluding hydrogens is 441 g/mol. The normalized spacial score (nSPS) is 14.7. The molecule has 9 nitrogen and oxygen atoms in total. The predicted molar refractivity (Wildman–Crippen MR) is 121 cm³/mol. The second-order valence-electron chi connectivity index (χ2n) is 6.72. The Labute approximate surface area is 190 Å². The summed E-state index contributed by atoms with van der Waals surface area (Å²) in [6, 6.07) is 1.22. The lowest BCUT2D eigenvalue weighted by atomic mass is 10.1. The number of halogens is 3. The zero-order chi connectivity index (χ0) is 18.9. The molecule has 1 aromatic heterocycles. The van der Waals surface area contributed by atoms with E-state index in [9.17, 15) is 9.59 Å². The molecule has 1 aromatic rings. The van der Waals surface area contributed by atoms with E-state index in [1.165, 1.54) is 0 Å². The largest absolute Gasteiger partial charge is 0.353 e. The highest BCUT2D eigenvalue weighted by molar-refractivity contribution is 5.87. The highest BCUT2D eigenvalue weighted by atomic mass is 35.5. The number of rotatable bonds is 8. The summed E-state index contributed by atoms with van der Waals surface area (Å²) in [6.07, 6.45) is 3.49. The van der Waals surface area contributed by atoms with E-state index in [2.05, 4.69) is 30.4 Å². The summed E-state index contributed by atoms with van der Waals surface area (Å²) in [7, 11) is 0. The van der Waals surface area contributed by atoms with Gasteiger partial charge in [0.25, 0.3) is 0 Å². The molecule has 1 aliphatic rings. The maximum absolute atomic E-state index is 11.8. The smallest absolute Gasteiger partial charge is 0.239 e. The van der Waals surface area contributed by atoms with Crippen molar-refractivity contribution >= 4 is 55.0 Å². The van der Waals surface area contributed by atoms with Gasteiger partial charge in [-0.3, -0.25) is 14.5 Å². The summed E-state index contributed by atoms with van der Waals surface area (Å²) in [5.41, 5.74) is 5.73. The molecule has 1 fully saturated rings. The van der Waals surface area contributed by atoms with Gasteiger partial charge in [0.05, 0.1) is 12.6 Å². The molecule has 1 atom stereocenters. The number of nitrogens with one attached hydrogen (secondary N) is 2. The minimum atomic E-state index is -0.590. The van der Waals surface area contributed by atoms with Crippen LogP contribution in [-0.4, -0.2) is 78.5 Å². The number of hydrogen-bond donors (Lipinski definition) is 3. The van der Waals surface area contributed by atoms with Crippen LogP contribution in [0.1, 0.15) is 13.8 Å². The van der Waals surface area contributed by atoms with Crippen LogP contribution in [0.3, 0.4) is 0 Å². The zero-order valence-electron chi connectivity index (χ0n) is 16.7. The van der Waals surface area contributed by atoms with Crippen molar-refractivity contribution in [1.29, 1.82) is 0 Å². The zero-order valence-corrected chi connectivity index (χ0v) is 19.2. The predicted octanol–water partition coefficient (Wildman–Crippen LogP) is 0.0797. The summed E-state index contributed by atoms with van der Waals surface area (Å²) in [4.78, 5) is 36.5. The van der Waals surface area contributed by atoms with Crippen molar-refractivity contribution in [3.05, 3.63) is 18.5 Å². The third-order valence-electron chi connectivity index (χ3n) is 4.40. The molecule has 2 heterocycles. The number of amides is 2. The van der Waals surface area contributed by atoms with Gasteiger partial charge >= 0.3 is 0 Å². The summed E-state index contributed by atoms with van der Waals surface area (Å²) in [5.74, 6) is 0.300. The van der Waals surface area contributed by atoms with Crippen molar-refractivity contribution in [3.63, 3.8) is 0 Å². The molecule has 12 heteroatoms. The maximum Gasteiger partial charge on any atom is 0.239 e. The fourth-order valence-corrected chi connectivity index (χ4v) is 2.63. The Morgan fingerprint density at radius 1 is 1.07 bits per heavy atom. The van der Waals surface area contributed by atoms with E-state index in [-0.39, 0.29) is 61.5 Å². The van der Waals surface area contributed by atoms with E-state index < -0.39 is 6.04 Å². The van der Waals surface area contributed by atoms with Crippen LogP contribution < -0.4 is 21.3 Å². The summed E-state index contributed by atoms with van der Waals surface area (Å²) < 4.78 is 0. The molecule has 0 spiro atoms.